The molecule has 6 rings (SSSR count). The molecule has 146 valence electrons. The van der Waals surface area contributed by atoms with Gasteiger partial charge in [0.15, 0.2) is 5.82 Å². The Morgan fingerprint density at radius 2 is 2.07 bits per heavy atom. The first kappa shape index (κ1) is 16.7. The van der Waals surface area contributed by atoms with Gasteiger partial charge in [-0.3, -0.25) is 9.48 Å². The number of aromatic hydroxyl groups is 1. The molecule has 2 N–H and O–H groups in total. The smallest absolute Gasteiger partial charge is 0.261 e. The van der Waals surface area contributed by atoms with Gasteiger partial charge in [-0.25, -0.2) is 9.97 Å². The van der Waals surface area contributed by atoms with Gasteiger partial charge in [0.25, 0.3) is 5.56 Å². The molecule has 0 radical (unpaired) electrons. The van der Waals surface area contributed by atoms with E-state index in [4.69, 9.17) is 0 Å². The third kappa shape index (κ3) is 2.29. The van der Waals surface area contributed by atoms with E-state index in [1.54, 1.807) is 10.9 Å². The molecule has 3 atom stereocenters. The summed E-state index contributed by atoms with van der Waals surface area (Å²) in [4.78, 5) is 22.0. The minimum absolute atomic E-state index is 0.0448. The molecule has 4 heterocycles. The largest absolute Gasteiger partial charge is 0.507 e. The van der Waals surface area contributed by atoms with Crippen molar-refractivity contribution in [3.63, 3.8) is 0 Å². The molecule has 2 fully saturated rings. The number of benzene rings is 1. The Morgan fingerprint density at radius 1 is 1.28 bits per heavy atom. The van der Waals surface area contributed by atoms with Crippen molar-refractivity contribution in [2.45, 2.75) is 13.0 Å². The Bertz CT molecular complexity index is 1360. The van der Waals surface area contributed by atoms with Gasteiger partial charge in [0.2, 0.25) is 0 Å². The first-order valence-electron chi connectivity index (χ1n) is 9.78. The Kier molecular flexibility index (Phi) is 3.24. The summed E-state index contributed by atoms with van der Waals surface area (Å²) in [5.41, 5.74) is 2.52. The number of phenolic OH excluding ortho intramolecular Hbond substituents is 1. The average Bonchev–Trinajstić information content (AvgIpc) is 3.04. The molecule has 0 bridgehead atoms. The van der Waals surface area contributed by atoms with E-state index in [0.29, 0.717) is 39.7 Å². The third-order valence-electron chi connectivity index (χ3n) is 6.41. The van der Waals surface area contributed by atoms with Crippen molar-refractivity contribution in [2.24, 2.45) is 18.9 Å². The first-order valence-corrected chi connectivity index (χ1v) is 9.78. The molecule has 3 aromatic heterocycles. The summed E-state index contributed by atoms with van der Waals surface area (Å²) in [6.07, 6.45) is 5.32. The normalized spacial score (nSPS) is 23.0. The lowest BCUT2D eigenvalue weighted by Gasteiger charge is -2.11. The summed E-state index contributed by atoms with van der Waals surface area (Å²) in [5, 5.41) is 19.9. The van der Waals surface area contributed by atoms with Crippen molar-refractivity contribution in [1.82, 2.24) is 29.6 Å². The van der Waals surface area contributed by atoms with Gasteiger partial charge in [-0.1, -0.05) is 0 Å². The summed E-state index contributed by atoms with van der Waals surface area (Å²) >= 11 is 0. The third-order valence-corrected chi connectivity index (χ3v) is 6.41. The highest BCUT2D eigenvalue weighted by Gasteiger charge is 2.54. The number of hydrogen-bond donors (Lipinski definition) is 2. The predicted molar refractivity (Wildman–Crippen MR) is 109 cm³/mol. The second-order valence-electron chi connectivity index (χ2n) is 8.14. The monoisotopic (exact) mass is 388 g/mol. The second-order valence-corrected chi connectivity index (χ2v) is 8.14. The van der Waals surface area contributed by atoms with E-state index in [0.717, 1.165) is 24.0 Å². The highest BCUT2D eigenvalue weighted by atomic mass is 16.3. The van der Waals surface area contributed by atoms with Crippen molar-refractivity contribution in [1.29, 1.82) is 0 Å². The molecule has 1 saturated carbocycles. The number of pyridine rings is 1. The molecule has 1 aliphatic carbocycles. The number of aryl methyl sites for hydroxylation is 2. The van der Waals surface area contributed by atoms with Gasteiger partial charge in [-0.2, -0.15) is 5.10 Å². The minimum Gasteiger partial charge on any atom is -0.507 e. The van der Waals surface area contributed by atoms with E-state index in [-0.39, 0.29) is 17.4 Å². The Labute approximate surface area is 165 Å². The highest BCUT2D eigenvalue weighted by molar-refractivity contribution is 5.90. The van der Waals surface area contributed by atoms with Crippen LogP contribution in [0.15, 0.2) is 35.5 Å². The Morgan fingerprint density at radius 3 is 2.86 bits per heavy atom. The van der Waals surface area contributed by atoms with E-state index < -0.39 is 0 Å². The Balaban J connectivity index is 1.47. The summed E-state index contributed by atoms with van der Waals surface area (Å²) in [7, 11) is 1.85. The zero-order valence-electron chi connectivity index (χ0n) is 16.1. The highest BCUT2D eigenvalue weighted by Crippen LogP contribution is 2.51. The maximum absolute atomic E-state index is 13.0. The van der Waals surface area contributed by atoms with E-state index in [9.17, 15) is 9.90 Å². The minimum atomic E-state index is -0.0448. The molecule has 0 amide bonds. The first-order chi connectivity index (χ1) is 14.0. The molecule has 8 heteroatoms. The van der Waals surface area contributed by atoms with Crippen LogP contribution in [-0.4, -0.2) is 42.5 Å². The van der Waals surface area contributed by atoms with E-state index in [1.807, 2.05) is 43.1 Å². The summed E-state index contributed by atoms with van der Waals surface area (Å²) in [5.74, 6) is 1.61. The molecule has 0 unspecified atom stereocenters. The molecule has 29 heavy (non-hydrogen) atoms. The van der Waals surface area contributed by atoms with Crippen LogP contribution in [0.4, 0.5) is 0 Å². The van der Waals surface area contributed by atoms with Crippen molar-refractivity contribution < 1.29 is 5.11 Å². The molecular formula is C21H20N6O2. The standard InChI is InChI=1S/C21H20N6O2/c1-10-17-11(9-26(2)25-17)5-12(19(10)28)20-23-8-15-16(24-20)3-4-27(21(15)29)18-13-6-22-7-14(13)18/h3-5,8-9,13-14,18,22,28H,6-7H2,1-2H3/t13-,14+,18+. The number of phenols is 1. The molecular weight excluding hydrogens is 368 g/mol. The van der Waals surface area contributed by atoms with Crippen LogP contribution < -0.4 is 10.9 Å². The molecule has 4 aromatic rings. The van der Waals surface area contributed by atoms with Gasteiger partial charge in [0, 0.05) is 55.7 Å². The van der Waals surface area contributed by atoms with Crippen LogP contribution in [0, 0.1) is 18.8 Å². The Hall–Kier alpha value is -3.26. The fraction of sp³-hybridized carbons (Fsp3) is 0.333. The SMILES string of the molecule is Cc1c(O)c(-c2ncc3c(=O)n([C@H]4[C@@H]5CNC[C@@H]54)ccc3n2)cc2cn(C)nc12. The fourth-order valence-electron chi connectivity index (χ4n) is 4.82. The van der Waals surface area contributed by atoms with E-state index in [2.05, 4.69) is 20.4 Å². The summed E-state index contributed by atoms with van der Waals surface area (Å²) in [6.45, 7) is 3.78. The van der Waals surface area contributed by atoms with Gasteiger partial charge in [-0.05, 0) is 30.9 Å². The second kappa shape index (κ2) is 5.64. The zero-order valence-corrected chi connectivity index (χ0v) is 16.1. The van der Waals surface area contributed by atoms with Crippen LogP contribution in [0.2, 0.25) is 0 Å². The van der Waals surface area contributed by atoms with Gasteiger partial charge in [0.05, 0.1) is 22.0 Å². The number of aromatic nitrogens is 5. The van der Waals surface area contributed by atoms with Crippen LogP contribution in [0.25, 0.3) is 33.2 Å². The number of rotatable bonds is 2. The van der Waals surface area contributed by atoms with Crippen molar-refractivity contribution >= 4 is 21.8 Å². The van der Waals surface area contributed by atoms with E-state index in [1.165, 1.54) is 0 Å². The molecule has 0 spiro atoms. The van der Waals surface area contributed by atoms with Crippen molar-refractivity contribution in [2.75, 3.05) is 13.1 Å². The summed E-state index contributed by atoms with van der Waals surface area (Å²) < 4.78 is 3.55. The van der Waals surface area contributed by atoms with Crippen LogP contribution >= 0.6 is 0 Å². The molecule has 1 saturated heterocycles. The number of piperidine rings is 1. The maximum atomic E-state index is 13.0. The van der Waals surface area contributed by atoms with Gasteiger partial charge >= 0.3 is 0 Å². The average molecular weight is 388 g/mol. The van der Waals surface area contributed by atoms with Crippen LogP contribution in [0.1, 0.15) is 11.6 Å². The van der Waals surface area contributed by atoms with Crippen molar-refractivity contribution in [3.8, 4) is 17.1 Å². The lowest BCUT2D eigenvalue weighted by molar-refractivity contribution is 0.473. The predicted octanol–water partition coefficient (Wildman–Crippen LogP) is 1.75. The quantitative estimate of drug-likeness (QED) is 0.543. The molecule has 8 nitrogen and oxygen atoms in total. The topological polar surface area (TPSA) is 97.9 Å². The lowest BCUT2D eigenvalue weighted by Crippen LogP contribution is -2.24. The van der Waals surface area contributed by atoms with Gasteiger partial charge in [-0.15, -0.1) is 0 Å². The molecule has 1 aliphatic heterocycles. The number of fused-ring (bicyclic) bond motifs is 3. The van der Waals surface area contributed by atoms with E-state index >= 15 is 0 Å². The zero-order chi connectivity index (χ0) is 19.9. The number of hydrogen-bond acceptors (Lipinski definition) is 6. The van der Waals surface area contributed by atoms with Crippen LogP contribution in [0.3, 0.4) is 0 Å². The van der Waals surface area contributed by atoms with Gasteiger partial charge < -0.3 is 15.0 Å². The lowest BCUT2D eigenvalue weighted by atomic mass is 10.1. The molecule has 2 aliphatic rings. The van der Waals surface area contributed by atoms with Crippen LogP contribution in [0.5, 0.6) is 5.75 Å². The summed E-state index contributed by atoms with van der Waals surface area (Å²) in [6, 6.07) is 3.99. The number of nitrogens with zero attached hydrogens (tertiary/aromatic N) is 5. The van der Waals surface area contributed by atoms with Crippen molar-refractivity contribution in [3.05, 3.63) is 46.6 Å². The van der Waals surface area contributed by atoms with Gasteiger partial charge in [0.1, 0.15) is 5.75 Å². The van der Waals surface area contributed by atoms with Crippen LogP contribution in [-0.2, 0) is 7.05 Å². The molecule has 1 aromatic carbocycles. The fourth-order valence-corrected chi connectivity index (χ4v) is 4.82. The maximum Gasteiger partial charge on any atom is 0.261 e. The number of nitrogens with one attached hydrogen (secondary N) is 1.